The van der Waals surface area contributed by atoms with Gasteiger partial charge in [0.15, 0.2) is 0 Å². The van der Waals surface area contributed by atoms with E-state index < -0.39 is 0 Å². The van der Waals surface area contributed by atoms with Gasteiger partial charge < -0.3 is 10.2 Å². The van der Waals surface area contributed by atoms with Gasteiger partial charge in [-0.05, 0) is 58.9 Å². The monoisotopic (exact) mass is 310 g/mol. The molecule has 0 atom stereocenters. The SMILES string of the molecule is CCNCc1ccc(N2CCC(C)CC2)c(Br)c1. The van der Waals surface area contributed by atoms with Crippen LogP contribution in [0.15, 0.2) is 22.7 Å². The molecule has 1 heterocycles. The van der Waals surface area contributed by atoms with E-state index >= 15 is 0 Å². The Labute approximate surface area is 119 Å². The Morgan fingerprint density at radius 3 is 2.67 bits per heavy atom. The maximum Gasteiger partial charge on any atom is 0.0510 e. The normalized spacial score (nSPS) is 17.2. The van der Waals surface area contributed by atoms with E-state index in [2.05, 4.69) is 58.2 Å². The minimum absolute atomic E-state index is 0.882. The van der Waals surface area contributed by atoms with Crippen molar-refractivity contribution in [3.05, 3.63) is 28.2 Å². The average molecular weight is 311 g/mol. The second kappa shape index (κ2) is 6.58. The maximum atomic E-state index is 3.72. The molecular formula is C15H23BrN2. The molecule has 0 aromatic heterocycles. The van der Waals surface area contributed by atoms with Crippen molar-refractivity contribution in [3.63, 3.8) is 0 Å². The summed E-state index contributed by atoms with van der Waals surface area (Å²) in [7, 11) is 0. The average Bonchev–Trinajstić information content (AvgIpc) is 2.38. The maximum absolute atomic E-state index is 3.72. The van der Waals surface area contributed by atoms with Gasteiger partial charge in [0.2, 0.25) is 0 Å². The number of hydrogen-bond donors (Lipinski definition) is 1. The van der Waals surface area contributed by atoms with Crippen molar-refractivity contribution in [3.8, 4) is 0 Å². The summed E-state index contributed by atoms with van der Waals surface area (Å²) in [5.74, 6) is 0.882. The highest BCUT2D eigenvalue weighted by atomic mass is 79.9. The second-order valence-electron chi connectivity index (χ2n) is 5.24. The third-order valence-corrected chi connectivity index (χ3v) is 4.35. The highest BCUT2D eigenvalue weighted by Crippen LogP contribution is 2.30. The van der Waals surface area contributed by atoms with Crippen LogP contribution in [0.4, 0.5) is 5.69 Å². The molecule has 2 rings (SSSR count). The van der Waals surface area contributed by atoms with Crippen LogP contribution in [0, 0.1) is 5.92 Å². The highest BCUT2D eigenvalue weighted by Gasteiger charge is 2.17. The molecule has 100 valence electrons. The summed E-state index contributed by atoms with van der Waals surface area (Å²) in [6.07, 6.45) is 2.62. The molecule has 0 spiro atoms. The third-order valence-electron chi connectivity index (χ3n) is 3.72. The van der Waals surface area contributed by atoms with Crippen LogP contribution < -0.4 is 10.2 Å². The summed E-state index contributed by atoms with van der Waals surface area (Å²) in [4.78, 5) is 2.50. The van der Waals surface area contributed by atoms with Gasteiger partial charge in [0.1, 0.15) is 0 Å². The fourth-order valence-electron chi connectivity index (χ4n) is 2.44. The zero-order valence-corrected chi connectivity index (χ0v) is 13.0. The molecule has 2 nitrogen and oxygen atoms in total. The van der Waals surface area contributed by atoms with E-state index in [1.165, 1.54) is 41.7 Å². The molecule has 0 aliphatic carbocycles. The van der Waals surface area contributed by atoms with Crippen LogP contribution in [0.1, 0.15) is 32.3 Å². The summed E-state index contributed by atoms with van der Waals surface area (Å²) in [5, 5.41) is 3.36. The molecule has 1 aliphatic heterocycles. The Balaban J connectivity index is 2.05. The number of nitrogens with one attached hydrogen (secondary N) is 1. The molecule has 1 fully saturated rings. The fourth-order valence-corrected chi connectivity index (χ4v) is 3.11. The van der Waals surface area contributed by atoms with Crippen LogP contribution in [-0.4, -0.2) is 19.6 Å². The van der Waals surface area contributed by atoms with Gasteiger partial charge in [-0.15, -0.1) is 0 Å². The Morgan fingerprint density at radius 2 is 2.06 bits per heavy atom. The molecule has 0 amide bonds. The second-order valence-corrected chi connectivity index (χ2v) is 6.09. The third kappa shape index (κ3) is 3.48. The molecule has 3 heteroatoms. The summed E-state index contributed by atoms with van der Waals surface area (Å²) >= 11 is 3.72. The minimum Gasteiger partial charge on any atom is -0.371 e. The van der Waals surface area contributed by atoms with Gasteiger partial charge in [0.05, 0.1) is 5.69 Å². The molecule has 0 saturated carbocycles. The van der Waals surface area contributed by atoms with E-state index in [9.17, 15) is 0 Å². The van der Waals surface area contributed by atoms with Crippen LogP contribution >= 0.6 is 15.9 Å². The molecular weight excluding hydrogens is 288 g/mol. The van der Waals surface area contributed by atoms with Crippen LogP contribution in [0.2, 0.25) is 0 Å². The quantitative estimate of drug-likeness (QED) is 0.910. The molecule has 1 aliphatic rings. The lowest BCUT2D eigenvalue weighted by molar-refractivity contribution is 0.438. The van der Waals surface area contributed by atoms with Crippen molar-refractivity contribution in [1.29, 1.82) is 0 Å². The first-order chi connectivity index (χ1) is 8.70. The van der Waals surface area contributed by atoms with Gasteiger partial charge in [0.25, 0.3) is 0 Å². The standard InChI is InChI=1S/C15H23BrN2/c1-3-17-11-13-4-5-15(14(16)10-13)18-8-6-12(2)7-9-18/h4-5,10,12,17H,3,6-9,11H2,1-2H3. The van der Waals surface area contributed by atoms with E-state index in [0.717, 1.165) is 19.0 Å². The van der Waals surface area contributed by atoms with Crippen molar-refractivity contribution >= 4 is 21.6 Å². The number of benzene rings is 1. The van der Waals surface area contributed by atoms with Crippen molar-refractivity contribution in [1.82, 2.24) is 5.32 Å². The number of hydrogen-bond acceptors (Lipinski definition) is 2. The molecule has 18 heavy (non-hydrogen) atoms. The van der Waals surface area contributed by atoms with Gasteiger partial charge in [-0.3, -0.25) is 0 Å². The number of rotatable bonds is 4. The van der Waals surface area contributed by atoms with Crippen molar-refractivity contribution < 1.29 is 0 Å². The lowest BCUT2D eigenvalue weighted by Crippen LogP contribution is -2.33. The van der Waals surface area contributed by atoms with Gasteiger partial charge in [0, 0.05) is 24.1 Å². The largest absolute Gasteiger partial charge is 0.371 e. The summed E-state index contributed by atoms with van der Waals surface area (Å²) < 4.78 is 1.23. The summed E-state index contributed by atoms with van der Waals surface area (Å²) in [5.41, 5.74) is 2.69. The van der Waals surface area contributed by atoms with Crippen molar-refractivity contribution in [2.75, 3.05) is 24.5 Å². The van der Waals surface area contributed by atoms with E-state index in [0.29, 0.717) is 0 Å². The molecule has 0 bridgehead atoms. The predicted molar refractivity (Wildman–Crippen MR) is 82.1 cm³/mol. The van der Waals surface area contributed by atoms with Crippen LogP contribution in [0.3, 0.4) is 0 Å². The number of anilines is 1. The van der Waals surface area contributed by atoms with E-state index in [4.69, 9.17) is 0 Å². The van der Waals surface area contributed by atoms with Crippen LogP contribution in [-0.2, 0) is 6.54 Å². The van der Waals surface area contributed by atoms with Crippen molar-refractivity contribution in [2.45, 2.75) is 33.2 Å². The fraction of sp³-hybridized carbons (Fsp3) is 0.600. The first kappa shape index (κ1) is 13.9. The highest BCUT2D eigenvalue weighted by molar-refractivity contribution is 9.10. The van der Waals surface area contributed by atoms with E-state index in [-0.39, 0.29) is 0 Å². The molecule has 0 radical (unpaired) electrons. The summed E-state index contributed by atoms with van der Waals surface area (Å²) in [6, 6.07) is 6.74. The molecule has 1 aromatic rings. The van der Waals surface area contributed by atoms with Gasteiger partial charge >= 0.3 is 0 Å². The van der Waals surface area contributed by atoms with E-state index in [1.807, 2.05) is 0 Å². The number of halogens is 1. The van der Waals surface area contributed by atoms with Gasteiger partial charge in [-0.25, -0.2) is 0 Å². The Hall–Kier alpha value is -0.540. The molecule has 0 unspecified atom stereocenters. The molecule has 1 N–H and O–H groups in total. The summed E-state index contributed by atoms with van der Waals surface area (Å²) in [6.45, 7) is 8.83. The van der Waals surface area contributed by atoms with Crippen LogP contribution in [0.25, 0.3) is 0 Å². The van der Waals surface area contributed by atoms with Crippen molar-refractivity contribution in [2.24, 2.45) is 5.92 Å². The first-order valence-electron chi connectivity index (χ1n) is 6.94. The first-order valence-corrected chi connectivity index (χ1v) is 7.74. The zero-order chi connectivity index (χ0) is 13.0. The smallest absolute Gasteiger partial charge is 0.0510 e. The number of nitrogens with zero attached hydrogens (tertiary/aromatic N) is 1. The topological polar surface area (TPSA) is 15.3 Å². The Kier molecular flexibility index (Phi) is 5.07. The van der Waals surface area contributed by atoms with Gasteiger partial charge in [-0.1, -0.05) is 19.9 Å². The zero-order valence-electron chi connectivity index (χ0n) is 11.4. The molecule has 1 aromatic carbocycles. The number of piperidine rings is 1. The Morgan fingerprint density at radius 1 is 1.33 bits per heavy atom. The lowest BCUT2D eigenvalue weighted by Gasteiger charge is -2.33. The van der Waals surface area contributed by atoms with Gasteiger partial charge in [-0.2, -0.15) is 0 Å². The predicted octanol–water partition coefficient (Wildman–Crippen LogP) is 3.79. The van der Waals surface area contributed by atoms with Crippen LogP contribution in [0.5, 0.6) is 0 Å². The minimum atomic E-state index is 0.882. The Bertz CT molecular complexity index is 384. The molecule has 1 saturated heterocycles. The lowest BCUT2D eigenvalue weighted by atomic mass is 9.98. The van der Waals surface area contributed by atoms with E-state index in [1.54, 1.807) is 0 Å².